The highest BCUT2D eigenvalue weighted by molar-refractivity contribution is 5.04. The summed E-state index contributed by atoms with van der Waals surface area (Å²) in [4.78, 5) is 0. The van der Waals surface area contributed by atoms with Crippen LogP contribution in [0.1, 0.15) is 58.1 Å². The van der Waals surface area contributed by atoms with Gasteiger partial charge < -0.3 is 10.1 Å². The molecule has 1 saturated carbocycles. The number of ether oxygens (including phenoxy) is 1. The quantitative estimate of drug-likeness (QED) is 0.800. The molecule has 1 aliphatic carbocycles. The number of nitrogens with zero attached hydrogens (tertiary/aromatic N) is 3. The molecule has 0 aliphatic heterocycles. The van der Waals surface area contributed by atoms with Crippen molar-refractivity contribution < 1.29 is 4.74 Å². The Morgan fingerprint density at radius 3 is 2.67 bits per heavy atom. The summed E-state index contributed by atoms with van der Waals surface area (Å²) < 4.78 is 8.07. The lowest BCUT2D eigenvalue weighted by Crippen LogP contribution is -2.55. The molecule has 0 spiro atoms. The summed E-state index contributed by atoms with van der Waals surface area (Å²) >= 11 is 0. The predicted molar refractivity (Wildman–Crippen MR) is 84.2 cm³/mol. The van der Waals surface area contributed by atoms with Gasteiger partial charge in [0, 0.05) is 32.3 Å². The maximum absolute atomic E-state index is 6.29. The van der Waals surface area contributed by atoms with Crippen LogP contribution in [0.4, 0.5) is 0 Å². The summed E-state index contributed by atoms with van der Waals surface area (Å²) in [5.74, 6) is 0. The van der Waals surface area contributed by atoms with Gasteiger partial charge in [0.2, 0.25) is 0 Å². The summed E-state index contributed by atoms with van der Waals surface area (Å²) in [5, 5.41) is 12.0. The van der Waals surface area contributed by atoms with Gasteiger partial charge in [-0.1, -0.05) is 31.4 Å². The molecule has 5 heteroatoms. The fourth-order valence-corrected chi connectivity index (χ4v) is 3.49. The number of nitrogens with one attached hydrogen (secondary N) is 1. The molecular formula is C16H30N4O. The van der Waals surface area contributed by atoms with Gasteiger partial charge in [0.1, 0.15) is 0 Å². The van der Waals surface area contributed by atoms with Crippen LogP contribution in [0.25, 0.3) is 0 Å². The molecule has 0 radical (unpaired) electrons. The van der Waals surface area contributed by atoms with Crippen LogP contribution in [-0.4, -0.2) is 39.8 Å². The van der Waals surface area contributed by atoms with Gasteiger partial charge in [0.05, 0.1) is 11.3 Å². The summed E-state index contributed by atoms with van der Waals surface area (Å²) in [5.41, 5.74) is 1.02. The van der Waals surface area contributed by atoms with E-state index in [9.17, 15) is 0 Å². The molecule has 2 rings (SSSR count). The fraction of sp³-hybridized carbons (Fsp3) is 0.875. The first-order chi connectivity index (χ1) is 10.2. The Balaban J connectivity index is 2.14. The zero-order chi connectivity index (χ0) is 15.1. The van der Waals surface area contributed by atoms with E-state index in [0.717, 1.165) is 44.5 Å². The second-order valence-electron chi connectivity index (χ2n) is 6.15. The van der Waals surface area contributed by atoms with E-state index in [1.165, 1.54) is 19.3 Å². The smallest absolute Gasteiger partial charge is 0.0843 e. The molecule has 1 aromatic heterocycles. The molecule has 1 unspecified atom stereocenters. The van der Waals surface area contributed by atoms with Crippen molar-refractivity contribution in [1.29, 1.82) is 0 Å². The Morgan fingerprint density at radius 1 is 1.33 bits per heavy atom. The van der Waals surface area contributed by atoms with E-state index >= 15 is 0 Å². The van der Waals surface area contributed by atoms with E-state index < -0.39 is 0 Å². The molecule has 1 aromatic rings. The summed E-state index contributed by atoms with van der Waals surface area (Å²) in [6, 6.07) is 0.328. The third kappa shape index (κ3) is 4.27. The average molecular weight is 294 g/mol. The van der Waals surface area contributed by atoms with E-state index in [2.05, 4.69) is 29.5 Å². The molecule has 21 heavy (non-hydrogen) atoms. The lowest BCUT2D eigenvalue weighted by atomic mass is 9.77. The molecule has 120 valence electrons. The summed E-state index contributed by atoms with van der Waals surface area (Å²) in [6.45, 7) is 6.13. The minimum Gasteiger partial charge on any atom is -0.374 e. The van der Waals surface area contributed by atoms with E-state index in [1.807, 2.05) is 13.2 Å². The van der Waals surface area contributed by atoms with Crippen molar-refractivity contribution in [2.24, 2.45) is 7.05 Å². The largest absolute Gasteiger partial charge is 0.374 e. The maximum atomic E-state index is 6.29. The minimum absolute atomic E-state index is 0.0281. The summed E-state index contributed by atoms with van der Waals surface area (Å²) in [6.07, 6.45) is 10.2. The van der Waals surface area contributed by atoms with Gasteiger partial charge in [0.15, 0.2) is 0 Å². The topological polar surface area (TPSA) is 52.0 Å². The zero-order valence-electron chi connectivity index (χ0n) is 13.8. The normalized spacial score (nSPS) is 19.6. The molecule has 0 saturated heterocycles. The van der Waals surface area contributed by atoms with Crippen molar-refractivity contribution in [2.75, 3.05) is 13.2 Å². The molecule has 0 amide bonds. The van der Waals surface area contributed by atoms with E-state index in [0.29, 0.717) is 6.04 Å². The Labute approximate surface area is 128 Å². The van der Waals surface area contributed by atoms with Gasteiger partial charge in [-0.3, -0.25) is 4.68 Å². The van der Waals surface area contributed by atoms with Gasteiger partial charge >= 0.3 is 0 Å². The Bertz CT molecular complexity index is 407. The van der Waals surface area contributed by atoms with Crippen molar-refractivity contribution in [3.63, 3.8) is 0 Å². The molecule has 1 heterocycles. The van der Waals surface area contributed by atoms with Gasteiger partial charge in [-0.05, 0) is 32.7 Å². The molecule has 1 N–H and O–H groups in total. The Morgan fingerprint density at radius 2 is 2.10 bits per heavy atom. The molecule has 1 aliphatic rings. The van der Waals surface area contributed by atoms with Crippen LogP contribution in [-0.2, 0) is 18.2 Å². The standard InChI is InChI=1S/C16H30N4O/c1-4-11-17-15(12-14-13-20(3)19-18-14)16(21-5-2)9-7-6-8-10-16/h13,15,17H,4-12H2,1-3H3. The van der Waals surface area contributed by atoms with Crippen LogP contribution in [0, 0.1) is 0 Å². The highest BCUT2D eigenvalue weighted by Gasteiger charge is 2.40. The van der Waals surface area contributed by atoms with Crippen LogP contribution in [0.15, 0.2) is 6.20 Å². The zero-order valence-corrected chi connectivity index (χ0v) is 13.8. The van der Waals surface area contributed by atoms with Gasteiger partial charge in [0.25, 0.3) is 0 Å². The second kappa shape index (κ2) is 7.90. The minimum atomic E-state index is -0.0281. The molecular weight excluding hydrogens is 264 g/mol. The van der Waals surface area contributed by atoms with Gasteiger partial charge in [-0.2, -0.15) is 0 Å². The van der Waals surface area contributed by atoms with Crippen molar-refractivity contribution >= 4 is 0 Å². The van der Waals surface area contributed by atoms with Gasteiger partial charge in [-0.15, -0.1) is 5.10 Å². The van der Waals surface area contributed by atoms with Crippen molar-refractivity contribution in [3.8, 4) is 0 Å². The average Bonchev–Trinajstić information content (AvgIpc) is 2.90. The van der Waals surface area contributed by atoms with Crippen LogP contribution in [0.2, 0.25) is 0 Å². The summed E-state index contributed by atoms with van der Waals surface area (Å²) in [7, 11) is 1.92. The van der Waals surface area contributed by atoms with Crippen LogP contribution in [0.3, 0.4) is 0 Å². The Kier molecular flexibility index (Phi) is 6.18. The SMILES string of the molecule is CCCNC(Cc1cn(C)nn1)C1(OCC)CCCCC1. The van der Waals surface area contributed by atoms with E-state index in [-0.39, 0.29) is 5.60 Å². The number of aryl methyl sites for hydroxylation is 1. The van der Waals surface area contributed by atoms with Gasteiger partial charge in [-0.25, -0.2) is 0 Å². The van der Waals surface area contributed by atoms with Crippen molar-refractivity contribution in [2.45, 2.75) is 70.4 Å². The van der Waals surface area contributed by atoms with Crippen LogP contribution < -0.4 is 5.32 Å². The first-order valence-corrected chi connectivity index (χ1v) is 8.42. The third-order valence-electron chi connectivity index (χ3n) is 4.47. The van der Waals surface area contributed by atoms with E-state index in [4.69, 9.17) is 4.74 Å². The molecule has 1 atom stereocenters. The first kappa shape index (κ1) is 16.4. The van der Waals surface area contributed by atoms with Crippen LogP contribution in [0.5, 0.6) is 0 Å². The second-order valence-corrected chi connectivity index (χ2v) is 6.15. The molecule has 0 bridgehead atoms. The predicted octanol–water partition coefficient (Wildman–Crippen LogP) is 2.47. The van der Waals surface area contributed by atoms with Crippen LogP contribution >= 0.6 is 0 Å². The highest BCUT2D eigenvalue weighted by Crippen LogP contribution is 2.35. The number of rotatable bonds is 8. The molecule has 5 nitrogen and oxygen atoms in total. The number of aromatic nitrogens is 3. The molecule has 1 fully saturated rings. The first-order valence-electron chi connectivity index (χ1n) is 8.42. The fourth-order valence-electron chi connectivity index (χ4n) is 3.49. The highest BCUT2D eigenvalue weighted by atomic mass is 16.5. The number of hydrogen-bond donors (Lipinski definition) is 1. The lowest BCUT2D eigenvalue weighted by molar-refractivity contribution is -0.0898. The lowest BCUT2D eigenvalue weighted by Gasteiger charge is -2.43. The number of hydrogen-bond acceptors (Lipinski definition) is 4. The monoisotopic (exact) mass is 294 g/mol. The Hall–Kier alpha value is -0.940. The third-order valence-corrected chi connectivity index (χ3v) is 4.47. The van der Waals surface area contributed by atoms with Crippen molar-refractivity contribution in [1.82, 2.24) is 20.3 Å². The maximum Gasteiger partial charge on any atom is 0.0843 e. The van der Waals surface area contributed by atoms with E-state index in [1.54, 1.807) is 4.68 Å². The van der Waals surface area contributed by atoms with Crippen molar-refractivity contribution in [3.05, 3.63) is 11.9 Å². The molecule has 0 aromatic carbocycles.